The van der Waals surface area contributed by atoms with Crippen molar-refractivity contribution in [3.05, 3.63) is 0 Å². The molecular weight excluding hydrogens is 542 g/mol. The van der Waals surface area contributed by atoms with Gasteiger partial charge in [-0.15, -0.1) is 0 Å². The minimum absolute atomic E-state index is 0.475. The monoisotopic (exact) mass is 577 g/mol. The number of aliphatic hydroxyl groups excluding tert-OH is 1. The van der Waals surface area contributed by atoms with Crippen molar-refractivity contribution < 1.29 is 71.8 Å². The first kappa shape index (κ1) is 32.9. The van der Waals surface area contributed by atoms with E-state index in [1.807, 2.05) is 0 Å². The Morgan fingerprint density at radius 1 is 0.675 bits per heavy atom. The van der Waals surface area contributed by atoms with Crippen LogP contribution in [-0.2, 0) is 66.7 Å². The van der Waals surface area contributed by atoms with E-state index in [9.17, 15) is 33.9 Å². The Morgan fingerprint density at radius 3 is 1.68 bits per heavy atom. The predicted molar refractivity (Wildman–Crippen MR) is 127 cm³/mol. The molecule has 40 heavy (non-hydrogen) atoms. The molecule has 0 bridgehead atoms. The lowest BCUT2D eigenvalue weighted by Gasteiger charge is -2.48. The SMILES string of the molecule is CC(=O)N[C@H]1[C@H](O[C@@H]2O[C@@H](C)[C@@H](OC(C)=O)[C@H](OC(C)=O)[C@@H]2OC(C)=O)[C@H](OC(C)=O)[C@@H](COC(C)=O)O[C@H]1O. The molecule has 16 nitrogen and oxygen atoms in total. The topological polar surface area (TPSA) is 209 Å². The highest BCUT2D eigenvalue weighted by atomic mass is 16.7. The predicted octanol–water partition coefficient (Wildman–Crippen LogP) is -1.37. The molecule has 2 rings (SSSR count). The molecule has 0 aliphatic carbocycles. The lowest BCUT2D eigenvalue weighted by molar-refractivity contribution is -0.340. The molecule has 0 aromatic rings. The number of aliphatic hydroxyl groups is 1. The van der Waals surface area contributed by atoms with Crippen molar-refractivity contribution in [3.8, 4) is 0 Å². The Morgan fingerprint density at radius 2 is 1.18 bits per heavy atom. The van der Waals surface area contributed by atoms with Gasteiger partial charge in [-0.05, 0) is 6.92 Å². The van der Waals surface area contributed by atoms with Crippen LogP contribution in [0.2, 0.25) is 0 Å². The molecule has 0 spiro atoms. The minimum Gasteiger partial charge on any atom is -0.463 e. The van der Waals surface area contributed by atoms with Gasteiger partial charge in [0.1, 0.15) is 24.9 Å². The van der Waals surface area contributed by atoms with E-state index in [-0.39, 0.29) is 0 Å². The number of rotatable bonds is 9. The first-order valence-corrected chi connectivity index (χ1v) is 12.3. The molecule has 0 saturated carbocycles. The molecular formula is C24H35NO15. The minimum atomic E-state index is -1.76. The Labute approximate surface area is 229 Å². The van der Waals surface area contributed by atoms with Crippen molar-refractivity contribution in [1.82, 2.24) is 5.32 Å². The van der Waals surface area contributed by atoms with Gasteiger partial charge in [-0.1, -0.05) is 0 Å². The normalized spacial score (nSPS) is 33.6. The van der Waals surface area contributed by atoms with Gasteiger partial charge in [0.2, 0.25) is 5.91 Å². The zero-order valence-electron chi connectivity index (χ0n) is 23.1. The zero-order valence-corrected chi connectivity index (χ0v) is 23.1. The summed E-state index contributed by atoms with van der Waals surface area (Å²) in [6.45, 7) is 7.63. The highest BCUT2D eigenvalue weighted by Crippen LogP contribution is 2.33. The Bertz CT molecular complexity index is 970. The number of esters is 5. The number of amides is 1. The van der Waals surface area contributed by atoms with E-state index in [0.29, 0.717) is 0 Å². The molecule has 2 heterocycles. The summed E-state index contributed by atoms with van der Waals surface area (Å²) in [5.41, 5.74) is 0. The third kappa shape index (κ3) is 9.11. The fourth-order valence-corrected chi connectivity index (χ4v) is 4.37. The fourth-order valence-electron chi connectivity index (χ4n) is 4.37. The number of nitrogens with one attached hydrogen (secondary N) is 1. The Kier molecular flexibility index (Phi) is 11.8. The van der Waals surface area contributed by atoms with Gasteiger partial charge in [-0.25, -0.2) is 0 Å². The van der Waals surface area contributed by atoms with E-state index in [4.69, 9.17) is 37.9 Å². The summed E-state index contributed by atoms with van der Waals surface area (Å²) in [6.07, 6.45) is -12.7. The second-order valence-corrected chi connectivity index (χ2v) is 9.20. The van der Waals surface area contributed by atoms with Gasteiger partial charge in [0, 0.05) is 41.5 Å². The van der Waals surface area contributed by atoms with Crippen LogP contribution in [0.5, 0.6) is 0 Å². The van der Waals surface area contributed by atoms with Crippen molar-refractivity contribution in [3.63, 3.8) is 0 Å². The van der Waals surface area contributed by atoms with Gasteiger partial charge in [0.05, 0.1) is 6.10 Å². The molecule has 10 atom stereocenters. The van der Waals surface area contributed by atoms with Crippen molar-refractivity contribution in [2.75, 3.05) is 6.61 Å². The maximum atomic E-state index is 12.0. The summed E-state index contributed by atoms with van der Waals surface area (Å²) in [5.74, 6) is -4.51. The Balaban J connectivity index is 2.56. The van der Waals surface area contributed by atoms with E-state index in [0.717, 1.165) is 41.5 Å². The van der Waals surface area contributed by atoms with Gasteiger partial charge in [-0.3, -0.25) is 28.8 Å². The number of ether oxygens (including phenoxy) is 8. The second kappa shape index (κ2) is 14.3. The van der Waals surface area contributed by atoms with Crippen LogP contribution in [0.4, 0.5) is 0 Å². The molecule has 2 N–H and O–H groups in total. The standard InChI is InChI=1S/C24H35NO15/c1-9-18(35-12(4)28)21(37-14(6)30)22(38-15(7)31)24(34-9)40-20-17(25-10(2)26)23(32)39-16(8-33-11(3)27)19(20)36-13(5)29/h9,16-24,32H,8H2,1-7H3,(H,25,26)/t9-,16+,17-,18+,19+,20-,21-,22-,23+,24-/m0/s1. The Hall–Kier alpha value is -3.34. The largest absolute Gasteiger partial charge is 0.463 e. The van der Waals surface area contributed by atoms with Crippen LogP contribution < -0.4 is 5.32 Å². The lowest BCUT2D eigenvalue weighted by Crippen LogP contribution is -2.68. The average Bonchev–Trinajstić information content (AvgIpc) is 2.80. The first-order valence-electron chi connectivity index (χ1n) is 12.3. The summed E-state index contributed by atoms with van der Waals surface area (Å²) in [6, 6.07) is -1.38. The molecule has 0 aromatic heterocycles. The van der Waals surface area contributed by atoms with Gasteiger partial charge in [0.15, 0.2) is 37.0 Å². The maximum Gasteiger partial charge on any atom is 0.303 e. The average molecular weight is 578 g/mol. The third-order valence-corrected chi connectivity index (χ3v) is 5.71. The van der Waals surface area contributed by atoms with Crippen LogP contribution in [-0.4, -0.2) is 109 Å². The van der Waals surface area contributed by atoms with Gasteiger partial charge >= 0.3 is 29.8 Å². The van der Waals surface area contributed by atoms with Crippen LogP contribution in [0.25, 0.3) is 0 Å². The van der Waals surface area contributed by atoms with E-state index in [1.54, 1.807) is 0 Å². The molecule has 226 valence electrons. The smallest absolute Gasteiger partial charge is 0.303 e. The summed E-state index contributed by atoms with van der Waals surface area (Å²) < 4.78 is 43.9. The molecule has 0 unspecified atom stereocenters. The molecule has 1 amide bonds. The van der Waals surface area contributed by atoms with Crippen LogP contribution in [0.15, 0.2) is 0 Å². The van der Waals surface area contributed by atoms with E-state index >= 15 is 0 Å². The molecule has 2 aliphatic heterocycles. The molecule has 16 heteroatoms. The van der Waals surface area contributed by atoms with Crippen LogP contribution in [0.3, 0.4) is 0 Å². The first-order chi connectivity index (χ1) is 18.6. The van der Waals surface area contributed by atoms with E-state index < -0.39 is 104 Å². The van der Waals surface area contributed by atoms with E-state index in [1.165, 1.54) is 6.92 Å². The number of hydrogen-bond donors (Lipinski definition) is 2. The van der Waals surface area contributed by atoms with Crippen molar-refractivity contribution in [1.29, 1.82) is 0 Å². The fraction of sp³-hybridized carbons (Fsp3) is 0.750. The summed E-state index contributed by atoms with van der Waals surface area (Å²) in [5, 5.41) is 13.2. The molecule has 2 aliphatic rings. The number of hydrogen-bond acceptors (Lipinski definition) is 15. The summed E-state index contributed by atoms with van der Waals surface area (Å²) in [7, 11) is 0. The van der Waals surface area contributed by atoms with Crippen LogP contribution in [0.1, 0.15) is 48.5 Å². The van der Waals surface area contributed by atoms with Crippen LogP contribution in [0, 0.1) is 0 Å². The maximum absolute atomic E-state index is 12.0. The summed E-state index contributed by atoms with van der Waals surface area (Å²) >= 11 is 0. The van der Waals surface area contributed by atoms with Gasteiger partial charge in [0.25, 0.3) is 0 Å². The second-order valence-electron chi connectivity index (χ2n) is 9.20. The molecule has 2 saturated heterocycles. The summed E-state index contributed by atoms with van der Waals surface area (Å²) in [4.78, 5) is 71.2. The van der Waals surface area contributed by atoms with E-state index in [2.05, 4.69) is 5.32 Å². The highest BCUT2D eigenvalue weighted by Gasteiger charge is 2.55. The number of carbonyl (C=O) groups is 6. The van der Waals surface area contributed by atoms with Gasteiger partial charge in [-0.2, -0.15) is 0 Å². The highest BCUT2D eigenvalue weighted by molar-refractivity contribution is 5.73. The molecule has 2 fully saturated rings. The van der Waals surface area contributed by atoms with Crippen molar-refractivity contribution >= 4 is 35.8 Å². The molecule has 0 aromatic carbocycles. The lowest BCUT2D eigenvalue weighted by atomic mass is 9.95. The van der Waals surface area contributed by atoms with Crippen LogP contribution >= 0.6 is 0 Å². The van der Waals surface area contributed by atoms with Gasteiger partial charge < -0.3 is 48.3 Å². The van der Waals surface area contributed by atoms with Crippen molar-refractivity contribution in [2.24, 2.45) is 0 Å². The molecule has 0 radical (unpaired) electrons. The van der Waals surface area contributed by atoms with Crippen molar-refractivity contribution in [2.45, 2.75) is 110 Å². The zero-order chi connectivity index (χ0) is 30.3. The third-order valence-electron chi connectivity index (χ3n) is 5.71. The quantitative estimate of drug-likeness (QED) is 0.239. The number of carbonyl (C=O) groups excluding carboxylic acids is 6.